The van der Waals surface area contributed by atoms with E-state index >= 15 is 0 Å². The smallest absolute Gasteiger partial charge is 0.319 e. The minimum Gasteiger partial charge on any atom is -0.339 e. The summed E-state index contributed by atoms with van der Waals surface area (Å²) in [4.78, 5) is 29.4. The standard InChI is InChI=1S/C17H24FN3O2/c1-13(14-4-6-15(18)7-5-14)12-16(22)20-8-10-21(11-9-20)17(23)19(2)3/h4-7,13H,8-12H2,1-3H3. The quantitative estimate of drug-likeness (QED) is 0.856. The predicted molar refractivity (Wildman–Crippen MR) is 86.7 cm³/mol. The maximum absolute atomic E-state index is 13.0. The molecule has 5 nitrogen and oxygen atoms in total. The third-order valence-corrected chi connectivity index (χ3v) is 4.21. The van der Waals surface area contributed by atoms with Gasteiger partial charge in [-0.1, -0.05) is 19.1 Å². The molecule has 0 bridgehead atoms. The second-order valence-corrected chi connectivity index (χ2v) is 6.20. The average Bonchev–Trinajstić information content (AvgIpc) is 2.54. The number of halogens is 1. The molecule has 1 saturated heterocycles. The van der Waals surface area contributed by atoms with Gasteiger partial charge in [-0.05, 0) is 23.6 Å². The van der Waals surface area contributed by atoms with Crippen LogP contribution in [0.15, 0.2) is 24.3 Å². The van der Waals surface area contributed by atoms with Gasteiger partial charge in [0.2, 0.25) is 5.91 Å². The van der Waals surface area contributed by atoms with E-state index in [-0.39, 0.29) is 23.7 Å². The highest BCUT2D eigenvalue weighted by molar-refractivity contribution is 5.78. The summed E-state index contributed by atoms with van der Waals surface area (Å²) >= 11 is 0. The lowest BCUT2D eigenvalue weighted by Crippen LogP contribution is -2.53. The van der Waals surface area contributed by atoms with E-state index in [0.717, 1.165) is 5.56 Å². The molecule has 0 spiro atoms. The number of carbonyl (C=O) groups is 2. The van der Waals surface area contributed by atoms with Crippen molar-refractivity contribution in [1.29, 1.82) is 0 Å². The Morgan fingerprint density at radius 3 is 2.13 bits per heavy atom. The Morgan fingerprint density at radius 2 is 1.61 bits per heavy atom. The van der Waals surface area contributed by atoms with Crippen molar-refractivity contribution in [2.45, 2.75) is 19.3 Å². The zero-order chi connectivity index (χ0) is 17.0. The van der Waals surface area contributed by atoms with Gasteiger partial charge >= 0.3 is 6.03 Å². The monoisotopic (exact) mass is 321 g/mol. The maximum atomic E-state index is 13.0. The molecule has 0 aromatic heterocycles. The zero-order valence-electron chi connectivity index (χ0n) is 14.0. The molecule has 2 rings (SSSR count). The average molecular weight is 321 g/mol. The summed E-state index contributed by atoms with van der Waals surface area (Å²) in [5, 5.41) is 0. The van der Waals surface area contributed by atoms with Crippen molar-refractivity contribution in [1.82, 2.24) is 14.7 Å². The number of urea groups is 1. The van der Waals surface area contributed by atoms with Gasteiger partial charge in [-0.15, -0.1) is 0 Å². The number of carbonyl (C=O) groups excluding carboxylic acids is 2. The molecule has 1 fully saturated rings. The molecule has 0 saturated carbocycles. The van der Waals surface area contributed by atoms with Crippen LogP contribution in [0.2, 0.25) is 0 Å². The van der Waals surface area contributed by atoms with E-state index in [1.54, 1.807) is 40.9 Å². The second kappa shape index (κ2) is 7.44. The lowest BCUT2D eigenvalue weighted by molar-refractivity contribution is -0.133. The van der Waals surface area contributed by atoms with Gasteiger partial charge in [0, 0.05) is 46.7 Å². The van der Waals surface area contributed by atoms with E-state index in [1.807, 2.05) is 6.92 Å². The lowest BCUT2D eigenvalue weighted by atomic mass is 9.97. The molecule has 6 heteroatoms. The normalized spacial score (nSPS) is 16.2. The SMILES string of the molecule is CC(CC(=O)N1CCN(C(=O)N(C)C)CC1)c1ccc(F)cc1. The molecular formula is C17H24FN3O2. The summed E-state index contributed by atoms with van der Waals surface area (Å²) in [5.74, 6) is -0.141. The molecule has 3 amide bonds. The van der Waals surface area contributed by atoms with Crippen molar-refractivity contribution >= 4 is 11.9 Å². The minimum absolute atomic E-state index is 0.0169. The summed E-state index contributed by atoms with van der Waals surface area (Å²) in [7, 11) is 3.45. The van der Waals surface area contributed by atoms with Crippen molar-refractivity contribution in [2.24, 2.45) is 0 Å². The Bertz CT molecular complexity index is 551. The van der Waals surface area contributed by atoms with Gasteiger partial charge in [-0.3, -0.25) is 4.79 Å². The van der Waals surface area contributed by atoms with Crippen LogP contribution in [0.1, 0.15) is 24.8 Å². The Hall–Kier alpha value is -2.11. The highest BCUT2D eigenvalue weighted by Crippen LogP contribution is 2.20. The summed E-state index contributed by atoms with van der Waals surface area (Å²) in [6.07, 6.45) is 0.396. The lowest BCUT2D eigenvalue weighted by Gasteiger charge is -2.36. The van der Waals surface area contributed by atoms with Crippen molar-refractivity contribution in [3.63, 3.8) is 0 Å². The number of nitrogens with zero attached hydrogens (tertiary/aromatic N) is 3. The summed E-state index contributed by atoms with van der Waals surface area (Å²) in [6, 6.07) is 6.27. The first-order valence-corrected chi connectivity index (χ1v) is 7.88. The predicted octanol–water partition coefficient (Wildman–Crippen LogP) is 2.15. The van der Waals surface area contributed by atoms with Gasteiger partial charge in [0.15, 0.2) is 0 Å². The molecule has 1 unspecified atom stereocenters. The molecule has 1 atom stereocenters. The van der Waals surface area contributed by atoms with Gasteiger partial charge in [0.1, 0.15) is 5.82 Å². The topological polar surface area (TPSA) is 43.9 Å². The van der Waals surface area contributed by atoms with Crippen LogP contribution in [0.25, 0.3) is 0 Å². The largest absolute Gasteiger partial charge is 0.339 e. The molecule has 1 heterocycles. The van der Waals surface area contributed by atoms with Crippen molar-refractivity contribution in [3.05, 3.63) is 35.6 Å². The fraction of sp³-hybridized carbons (Fsp3) is 0.529. The van der Waals surface area contributed by atoms with Gasteiger partial charge < -0.3 is 14.7 Å². The van der Waals surface area contributed by atoms with Gasteiger partial charge in [0.25, 0.3) is 0 Å². The van der Waals surface area contributed by atoms with Crippen LogP contribution in [-0.2, 0) is 4.79 Å². The van der Waals surface area contributed by atoms with Crippen molar-refractivity contribution < 1.29 is 14.0 Å². The van der Waals surface area contributed by atoms with Crippen LogP contribution >= 0.6 is 0 Å². The first kappa shape index (κ1) is 17.2. The van der Waals surface area contributed by atoms with Crippen LogP contribution in [0.3, 0.4) is 0 Å². The molecule has 23 heavy (non-hydrogen) atoms. The zero-order valence-corrected chi connectivity index (χ0v) is 14.0. The molecular weight excluding hydrogens is 297 g/mol. The van der Waals surface area contributed by atoms with Crippen molar-refractivity contribution in [3.8, 4) is 0 Å². The highest BCUT2D eigenvalue weighted by Gasteiger charge is 2.25. The molecule has 1 aliphatic rings. The fourth-order valence-electron chi connectivity index (χ4n) is 2.73. The van der Waals surface area contributed by atoms with Crippen LogP contribution in [0, 0.1) is 5.82 Å². The summed E-state index contributed by atoms with van der Waals surface area (Å²) in [5.41, 5.74) is 0.959. The number of hydrogen-bond acceptors (Lipinski definition) is 2. The molecule has 0 N–H and O–H groups in total. The van der Waals surface area contributed by atoms with Gasteiger partial charge in [0.05, 0.1) is 0 Å². The fourth-order valence-corrected chi connectivity index (χ4v) is 2.73. The van der Waals surface area contributed by atoms with Crippen molar-refractivity contribution in [2.75, 3.05) is 40.3 Å². The number of amides is 3. The summed E-state index contributed by atoms with van der Waals surface area (Å²) < 4.78 is 13.0. The van der Waals surface area contributed by atoms with E-state index in [2.05, 4.69) is 0 Å². The highest BCUT2D eigenvalue weighted by atomic mass is 19.1. The third-order valence-electron chi connectivity index (χ3n) is 4.21. The maximum Gasteiger partial charge on any atom is 0.319 e. The second-order valence-electron chi connectivity index (χ2n) is 6.20. The molecule has 0 radical (unpaired) electrons. The number of benzene rings is 1. The Balaban J connectivity index is 1.85. The minimum atomic E-state index is -0.269. The third kappa shape index (κ3) is 4.43. The van der Waals surface area contributed by atoms with Crippen LogP contribution in [-0.4, -0.2) is 66.9 Å². The summed E-state index contributed by atoms with van der Waals surface area (Å²) in [6.45, 7) is 4.22. The van der Waals surface area contributed by atoms with Gasteiger partial charge in [-0.25, -0.2) is 9.18 Å². The van der Waals surface area contributed by atoms with E-state index in [9.17, 15) is 14.0 Å². The van der Waals surface area contributed by atoms with Crippen LogP contribution < -0.4 is 0 Å². The first-order valence-electron chi connectivity index (χ1n) is 7.88. The molecule has 0 aliphatic carbocycles. The van der Waals surface area contributed by atoms with Gasteiger partial charge in [-0.2, -0.15) is 0 Å². The van der Waals surface area contributed by atoms with E-state index < -0.39 is 0 Å². The molecule has 1 aromatic rings. The number of rotatable bonds is 3. The van der Waals surface area contributed by atoms with Crippen LogP contribution in [0.4, 0.5) is 9.18 Å². The Labute approximate surface area is 136 Å². The van der Waals surface area contributed by atoms with E-state index in [0.29, 0.717) is 32.6 Å². The Morgan fingerprint density at radius 1 is 1.09 bits per heavy atom. The molecule has 1 aliphatic heterocycles. The number of piperazine rings is 1. The van der Waals surface area contributed by atoms with Crippen LogP contribution in [0.5, 0.6) is 0 Å². The van der Waals surface area contributed by atoms with E-state index in [4.69, 9.17) is 0 Å². The Kier molecular flexibility index (Phi) is 5.58. The number of hydrogen-bond donors (Lipinski definition) is 0. The molecule has 126 valence electrons. The first-order chi connectivity index (χ1) is 10.9. The molecule has 1 aromatic carbocycles. The van der Waals surface area contributed by atoms with E-state index in [1.165, 1.54) is 12.1 Å².